The fourth-order valence-electron chi connectivity index (χ4n) is 1.52. The van der Waals surface area contributed by atoms with Gasteiger partial charge < -0.3 is 5.73 Å². The Labute approximate surface area is 79.2 Å². The predicted octanol–water partition coefficient (Wildman–Crippen LogP) is 0.860. The average Bonchev–Trinajstić information content (AvgIpc) is 2.67. The Hall–Kier alpha value is -2.17. The molecule has 0 aliphatic heterocycles. The minimum atomic E-state index is 0.358. The lowest BCUT2D eigenvalue weighted by Gasteiger charge is -2.00. The molecule has 0 aliphatic carbocycles. The van der Waals surface area contributed by atoms with E-state index in [2.05, 4.69) is 15.1 Å². The summed E-state index contributed by atoms with van der Waals surface area (Å²) in [6.45, 7) is 0. The Morgan fingerprint density at radius 3 is 3.00 bits per heavy atom. The molecule has 0 saturated heterocycles. The molecule has 5 nitrogen and oxygen atoms in total. The van der Waals surface area contributed by atoms with Crippen molar-refractivity contribution in [1.29, 1.82) is 0 Å². The molecular weight excluding hydrogens is 178 g/mol. The van der Waals surface area contributed by atoms with Crippen LogP contribution in [0.25, 0.3) is 16.6 Å². The normalized spacial score (nSPS) is 11.1. The fourth-order valence-corrected chi connectivity index (χ4v) is 1.52. The number of anilines is 1. The quantitative estimate of drug-likeness (QED) is 0.564. The number of hydrogen-bond acceptors (Lipinski definition) is 4. The zero-order chi connectivity index (χ0) is 9.54. The molecule has 5 heteroatoms. The molecule has 0 fully saturated rings. The number of fused-ring (bicyclic) bond motifs is 3. The van der Waals surface area contributed by atoms with Crippen LogP contribution in [0.2, 0.25) is 0 Å². The summed E-state index contributed by atoms with van der Waals surface area (Å²) in [6, 6.07) is 7.71. The molecule has 3 rings (SSSR count). The number of hydrogen-bond donors (Lipinski definition) is 1. The monoisotopic (exact) mass is 185 g/mol. The van der Waals surface area contributed by atoms with Gasteiger partial charge in [0, 0.05) is 5.39 Å². The Morgan fingerprint density at radius 2 is 2.07 bits per heavy atom. The molecule has 14 heavy (non-hydrogen) atoms. The van der Waals surface area contributed by atoms with Crippen molar-refractivity contribution in [3.8, 4) is 0 Å². The summed E-state index contributed by atoms with van der Waals surface area (Å²) in [5.41, 5.74) is 7.30. The van der Waals surface area contributed by atoms with E-state index in [1.54, 1.807) is 0 Å². The Morgan fingerprint density at radius 1 is 1.21 bits per heavy atom. The molecule has 0 spiro atoms. The van der Waals surface area contributed by atoms with Crippen LogP contribution in [0.15, 0.2) is 30.6 Å². The first kappa shape index (κ1) is 7.25. The molecule has 2 heterocycles. The molecule has 0 atom stereocenters. The number of para-hydroxylation sites is 1. The van der Waals surface area contributed by atoms with E-state index in [0.29, 0.717) is 5.95 Å². The number of nitrogens with zero attached hydrogens (tertiary/aromatic N) is 4. The second kappa shape index (κ2) is 2.41. The van der Waals surface area contributed by atoms with Crippen molar-refractivity contribution >= 4 is 22.5 Å². The third kappa shape index (κ3) is 0.806. The van der Waals surface area contributed by atoms with Crippen molar-refractivity contribution in [2.24, 2.45) is 0 Å². The summed E-state index contributed by atoms with van der Waals surface area (Å²) in [6.07, 6.45) is 1.47. The predicted molar refractivity (Wildman–Crippen MR) is 52.7 cm³/mol. The van der Waals surface area contributed by atoms with Gasteiger partial charge in [-0.3, -0.25) is 0 Å². The molecule has 0 aliphatic rings. The summed E-state index contributed by atoms with van der Waals surface area (Å²) in [5.74, 6) is 0.358. The lowest BCUT2D eigenvalue weighted by Crippen LogP contribution is -2.02. The molecule has 2 aromatic heterocycles. The van der Waals surface area contributed by atoms with Crippen molar-refractivity contribution in [2.75, 3.05) is 5.73 Å². The third-order valence-corrected chi connectivity index (χ3v) is 2.14. The van der Waals surface area contributed by atoms with Gasteiger partial charge in [0.05, 0.1) is 5.52 Å². The molecule has 2 N–H and O–H groups in total. The second-order valence-electron chi connectivity index (χ2n) is 2.98. The Balaban J connectivity index is 2.66. The highest BCUT2D eigenvalue weighted by molar-refractivity contribution is 5.91. The van der Waals surface area contributed by atoms with Crippen LogP contribution in [0.5, 0.6) is 0 Å². The van der Waals surface area contributed by atoms with Crippen LogP contribution in [0.1, 0.15) is 0 Å². The van der Waals surface area contributed by atoms with Gasteiger partial charge in [-0.25, -0.2) is 9.97 Å². The largest absolute Gasteiger partial charge is 0.368 e. The van der Waals surface area contributed by atoms with Gasteiger partial charge in [-0.15, -0.1) is 0 Å². The van der Waals surface area contributed by atoms with Gasteiger partial charge in [-0.2, -0.15) is 9.61 Å². The van der Waals surface area contributed by atoms with E-state index in [1.165, 1.54) is 10.8 Å². The number of benzene rings is 1. The summed E-state index contributed by atoms with van der Waals surface area (Å²) >= 11 is 0. The van der Waals surface area contributed by atoms with Crippen LogP contribution in [0, 0.1) is 0 Å². The molecule has 1 aromatic carbocycles. The van der Waals surface area contributed by atoms with Crippen LogP contribution in [-0.4, -0.2) is 19.6 Å². The summed E-state index contributed by atoms with van der Waals surface area (Å²) in [4.78, 5) is 8.35. The summed E-state index contributed by atoms with van der Waals surface area (Å²) < 4.78 is 1.53. The maximum Gasteiger partial charge on any atom is 0.223 e. The summed E-state index contributed by atoms with van der Waals surface area (Å²) in [7, 11) is 0. The number of aromatic nitrogens is 4. The molecule has 68 valence electrons. The smallest absolute Gasteiger partial charge is 0.223 e. The Bertz CT molecular complexity index is 613. The molecule has 0 amide bonds. The van der Waals surface area contributed by atoms with Crippen molar-refractivity contribution in [3.63, 3.8) is 0 Å². The minimum absolute atomic E-state index is 0.358. The van der Waals surface area contributed by atoms with Crippen LogP contribution in [0.3, 0.4) is 0 Å². The maximum atomic E-state index is 5.72. The van der Waals surface area contributed by atoms with E-state index < -0.39 is 0 Å². The van der Waals surface area contributed by atoms with E-state index in [0.717, 1.165) is 16.6 Å². The average molecular weight is 185 g/mol. The highest BCUT2D eigenvalue weighted by Gasteiger charge is 2.05. The highest BCUT2D eigenvalue weighted by Crippen LogP contribution is 2.17. The topological polar surface area (TPSA) is 69.1 Å². The second-order valence-corrected chi connectivity index (χ2v) is 2.98. The van der Waals surface area contributed by atoms with Gasteiger partial charge in [0.15, 0.2) is 5.65 Å². The van der Waals surface area contributed by atoms with E-state index in [9.17, 15) is 0 Å². The SMILES string of the molecule is Nc1nc2ccccc2c2ncnn12. The first-order chi connectivity index (χ1) is 6.86. The van der Waals surface area contributed by atoms with Crippen LogP contribution in [0.4, 0.5) is 5.95 Å². The number of nitrogen functional groups attached to an aromatic ring is 1. The molecule has 0 unspecified atom stereocenters. The first-order valence-corrected chi connectivity index (χ1v) is 4.20. The molecular formula is C9H7N5. The zero-order valence-electron chi connectivity index (χ0n) is 7.25. The first-order valence-electron chi connectivity index (χ1n) is 4.20. The highest BCUT2D eigenvalue weighted by atomic mass is 15.3. The van der Waals surface area contributed by atoms with E-state index in [4.69, 9.17) is 5.73 Å². The van der Waals surface area contributed by atoms with Gasteiger partial charge in [0.2, 0.25) is 5.95 Å². The summed E-state index contributed by atoms with van der Waals surface area (Å²) in [5, 5.41) is 4.94. The van der Waals surface area contributed by atoms with E-state index >= 15 is 0 Å². The third-order valence-electron chi connectivity index (χ3n) is 2.14. The Kier molecular flexibility index (Phi) is 1.25. The van der Waals surface area contributed by atoms with Crippen LogP contribution >= 0.6 is 0 Å². The molecule has 3 aromatic rings. The van der Waals surface area contributed by atoms with E-state index in [-0.39, 0.29) is 0 Å². The van der Waals surface area contributed by atoms with Gasteiger partial charge >= 0.3 is 0 Å². The van der Waals surface area contributed by atoms with Crippen LogP contribution < -0.4 is 5.73 Å². The lowest BCUT2D eigenvalue weighted by atomic mass is 10.2. The lowest BCUT2D eigenvalue weighted by molar-refractivity contribution is 0.951. The van der Waals surface area contributed by atoms with Crippen molar-refractivity contribution in [2.45, 2.75) is 0 Å². The molecule has 0 saturated carbocycles. The standard InChI is InChI=1S/C9H7N5/c10-9-13-7-4-2-1-3-6(7)8-11-5-12-14(8)9/h1-5H,(H2,10,13). The van der Waals surface area contributed by atoms with Crippen molar-refractivity contribution in [3.05, 3.63) is 30.6 Å². The van der Waals surface area contributed by atoms with Crippen LogP contribution in [-0.2, 0) is 0 Å². The van der Waals surface area contributed by atoms with E-state index in [1.807, 2.05) is 24.3 Å². The van der Waals surface area contributed by atoms with Gasteiger partial charge in [-0.05, 0) is 12.1 Å². The molecule has 0 radical (unpaired) electrons. The van der Waals surface area contributed by atoms with Gasteiger partial charge in [0.25, 0.3) is 0 Å². The maximum absolute atomic E-state index is 5.72. The van der Waals surface area contributed by atoms with Gasteiger partial charge in [0.1, 0.15) is 6.33 Å². The van der Waals surface area contributed by atoms with Crippen molar-refractivity contribution < 1.29 is 0 Å². The van der Waals surface area contributed by atoms with Crippen molar-refractivity contribution in [1.82, 2.24) is 19.6 Å². The number of nitrogens with two attached hydrogens (primary N) is 1. The number of rotatable bonds is 0. The zero-order valence-corrected chi connectivity index (χ0v) is 7.25. The van der Waals surface area contributed by atoms with Gasteiger partial charge in [-0.1, -0.05) is 12.1 Å². The molecule has 0 bridgehead atoms. The fraction of sp³-hybridized carbons (Fsp3) is 0. The minimum Gasteiger partial charge on any atom is -0.368 e.